The number of halogens is 1. The zero-order valence-electron chi connectivity index (χ0n) is 14.5. The molecule has 3 rings (SSSR count). The van der Waals surface area contributed by atoms with Gasteiger partial charge in [0.1, 0.15) is 5.58 Å². The summed E-state index contributed by atoms with van der Waals surface area (Å²) >= 11 is 7.28. The molecule has 0 aliphatic carbocycles. The van der Waals surface area contributed by atoms with Crippen LogP contribution in [-0.2, 0) is 10.5 Å². The van der Waals surface area contributed by atoms with E-state index in [0.717, 1.165) is 22.1 Å². The molecule has 0 radical (unpaired) electrons. The molecule has 6 heteroatoms. The number of hydrogen-bond donors (Lipinski definition) is 1. The van der Waals surface area contributed by atoms with E-state index in [1.807, 2.05) is 26.0 Å². The highest BCUT2D eigenvalue weighted by molar-refractivity contribution is 7.99. The van der Waals surface area contributed by atoms with Gasteiger partial charge in [-0.25, -0.2) is 4.79 Å². The highest BCUT2D eigenvalue weighted by atomic mass is 35.5. The predicted octanol–water partition coefficient (Wildman–Crippen LogP) is 4.94. The van der Waals surface area contributed by atoms with E-state index < -0.39 is 0 Å². The lowest BCUT2D eigenvalue weighted by Crippen LogP contribution is -2.14. The molecule has 26 heavy (non-hydrogen) atoms. The molecule has 0 aliphatic rings. The minimum absolute atomic E-state index is 0.100. The third-order valence-corrected chi connectivity index (χ3v) is 5.30. The van der Waals surface area contributed by atoms with E-state index >= 15 is 0 Å². The Kier molecular flexibility index (Phi) is 5.69. The van der Waals surface area contributed by atoms with Gasteiger partial charge in [0.15, 0.2) is 0 Å². The molecule has 0 saturated carbocycles. The van der Waals surface area contributed by atoms with Crippen molar-refractivity contribution >= 4 is 45.9 Å². The first kappa shape index (κ1) is 18.5. The van der Waals surface area contributed by atoms with Gasteiger partial charge in [-0.2, -0.15) is 0 Å². The Morgan fingerprint density at radius 2 is 1.81 bits per heavy atom. The molecule has 134 valence electrons. The van der Waals surface area contributed by atoms with Crippen molar-refractivity contribution in [1.29, 1.82) is 0 Å². The normalized spacial score (nSPS) is 10.9. The molecular formula is C20H18ClNO3S. The average molecular weight is 388 g/mol. The largest absolute Gasteiger partial charge is 0.423 e. The van der Waals surface area contributed by atoms with Crippen molar-refractivity contribution < 1.29 is 9.21 Å². The van der Waals surface area contributed by atoms with Crippen molar-refractivity contribution in [1.82, 2.24) is 0 Å². The van der Waals surface area contributed by atoms with Gasteiger partial charge in [-0.1, -0.05) is 11.6 Å². The first-order valence-electron chi connectivity index (χ1n) is 8.09. The maximum Gasteiger partial charge on any atom is 0.336 e. The molecular weight excluding hydrogens is 370 g/mol. The van der Waals surface area contributed by atoms with Crippen LogP contribution in [-0.4, -0.2) is 11.7 Å². The fraction of sp³-hybridized carbons (Fsp3) is 0.200. The Labute approximate surface area is 160 Å². The van der Waals surface area contributed by atoms with Crippen LogP contribution >= 0.6 is 23.4 Å². The molecule has 4 nitrogen and oxygen atoms in total. The van der Waals surface area contributed by atoms with E-state index in [1.54, 1.807) is 24.3 Å². The number of thioether (sulfide) groups is 1. The van der Waals surface area contributed by atoms with Crippen LogP contribution in [0, 0.1) is 13.8 Å². The van der Waals surface area contributed by atoms with E-state index in [-0.39, 0.29) is 17.3 Å². The number of anilines is 1. The van der Waals surface area contributed by atoms with Crippen LogP contribution in [0.3, 0.4) is 0 Å². The highest BCUT2D eigenvalue weighted by Gasteiger charge is 2.09. The number of benzene rings is 2. The van der Waals surface area contributed by atoms with Crippen molar-refractivity contribution in [2.45, 2.75) is 19.6 Å². The van der Waals surface area contributed by atoms with Crippen LogP contribution in [0.5, 0.6) is 0 Å². The number of nitrogens with one attached hydrogen (secondary N) is 1. The number of carbonyl (C=O) groups excluding carboxylic acids is 1. The van der Waals surface area contributed by atoms with Gasteiger partial charge in [0.25, 0.3) is 0 Å². The SMILES string of the molecule is Cc1cc2oc(=O)cc(CSCC(=O)Nc3ccc(Cl)cc3)c2cc1C. The van der Waals surface area contributed by atoms with Gasteiger partial charge in [0.2, 0.25) is 5.91 Å². The Hall–Kier alpha value is -2.24. The maximum atomic E-state index is 12.1. The molecule has 2 aromatic carbocycles. The van der Waals surface area contributed by atoms with Gasteiger partial charge in [-0.15, -0.1) is 11.8 Å². The lowest BCUT2D eigenvalue weighted by molar-refractivity contribution is -0.113. The molecule has 0 atom stereocenters. The molecule has 0 unspecified atom stereocenters. The Balaban J connectivity index is 1.67. The summed E-state index contributed by atoms with van der Waals surface area (Å²) in [5, 5.41) is 4.36. The molecule has 0 spiro atoms. The van der Waals surface area contributed by atoms with Gasteiger partial charge in [-0.05, 0) is 66.9 Å². The molecule has 1 heterocycles. The van der Waals surface area contributed by atoms with Crippen LogP contribution in [0.25, 0.3) is 11.0 Å². The topological polar surface area (TPSA) is 59.3 Å². The smallest absolute Gasteiger partial charge is 0.336 e. The van der Waals surface area contributed by atoms with E-state index in [2.05, 4.69) is 5.32 Å². The van der Waals surface area contributed by atoms with Crippen LogP contribution in [0.2, 0.25) is 5.02 Å². The minimum Gasteiger partial charge on any atom is -0.423 e. The Morgan fingerprint density at radius 1 is 1.12 bits per heavy atom. The summed E-state index contributed by atoms with van der Waals surface area (Å²) in [5.41, 5.74) is 4.01. The van der Waals surface area contributed by atoms with Crippen molar-refractivity contribution in [3.05, 3.63) is 74.6 Å². The van der Waals surface area contributed by atoms with Crippen LogP contribution in [0.15, 0.2) is 51.7 Å². The zero-order valence-corrected chi connectivity index (χ0v) is 16.0. The number of carbonyl (C=O) groups is 1. The summed E-state index contributed by atoms with van der Waals surface area (Å²) in [6.07, 6.45) is 0. The van der Waals surface area contributed by atoms with Crippen molar-refractivity contribution in [2.24, 2.45) is 0 Å². The van der Waals surface area contributed by atoms with E-state index in [4.69, 9.17) is 16.0 Å². The lowest BCUT2D eigenvalue weighted by Gasteiger charge is -2.08. The fourth-order valence-corrected chi connectivity index (χ4v) is 3.53. The van der Waals surface area contributed by atoms with Crippen LogP contribution < -0.4 is 10.9 Å². The number of amides is 1. The summed E-state index contributed by atoms with van der Waals surface area (Å²) in [5.74, 6) is 0.741. The van der Waals surface area contributed by atoms with Crippen LogP contribution in [0.4, 0.5) is 5.69 Å². The number of rotatable bonds is 5. The number of aryl methyl sites for hydroxylation is 2. The molecule has 3 aromatic rings. The quantitative estimate of drug-likeness (QED) is 0.630. The van der Waals surface area contributed by atoms with Gasteiger partial charge in [0, 0.05) is 27.9 Å². The molecule has 1 amide bonds. The fourth-order valence-electron chi connectivity index (χ4n) is 2.59. The van der Waals surface area contributed by atoms with Crippen molar-refractivity contribution in [3.8, 4) is 0 Å². The first-order valence-corrected chi connectivity index (χ1v) is 9.63. The Morgan fingerprint density at radius 3 is 2.54 bits per heavy atom. The second-order valence-electron chi connectivity index (χ2n) is 6.07. The summed E-state index contributed by atoms with van der Waals surface area (Å²) in [6.45, 7) is 4.01. The maximum absolute atomic E-state index is 12.1. The van der Waals surface area contributed by atoms with E-state index in [0.29, 0.717) is 22.0 Å². The summed E-state index contributed by atoms with van der Waals surface area (Å²) in [4.78, 5) is 23.9. The van der Waals surface area contributed by atoms with E-state index in [9.17, 15) is 9.59 Å². The molecule has 1 aromatic heterocycles. The average Bonchev–Trinajstić information content (AvgIpc) is 2.58. The minimum atomic E-state index is -0.373. The van der Waals surface area contributed by atoms with E-state index in [1.165, 1.54) is 17.8 Å². The second kappa shape index (κ2) is 7.98. The summed E-state index contributed by atoms with van der Waals surface area (Å²) in [6, 6.07) is 12.4. The third kappa shape index (κ3) is 4.48. The number of hydrogen-bond acceptors (Lipinski definition) is 4. The molecule has 0 saturated heterocycles. The molecule has 0 bridgehead atoms. The Bertz CT molecular complexity index is 1010. The first-order chi connectivity index (χ1) is 12.4. The molecule has 0 fully saturated rings. The zero-order chi connectivity index (χ0) is 18.7. The monoisotopic (exact) mass is 387 g/mol. The van der Waals surface area contributed by atoms with Gasteiger partial charge < -0.3 is 9.73 Å². The molecule has 1 N–H and O–H groups in total. The lowest BCUT2D eigenvalue weighted by atomic mass is 10.0. The number of fused-ring (bicyclic) bond motifs is 1. The standard InChI is InChI=1S/C20H18ClNO3S/c1-12-7-17-14(9-20(24)25-18(17)8-13(12)2)10-26-11-19(23)22-16-5-3-15(21)4-6-16/h3-9H,10-11H2,1-2H3,(H,22,23). The van der Waals surface area contributed by atoms with Crippen molar-refractivity contribution in [3.63, 3.8) is 0 Å². The molecule has 0 aliphatic heterocycles. The second-order valence-corrected chi connectivity index (χ2v) is 7.49. The van der Waals surface area contributed by atoms with Crippen molar-refractivity contribution in [2.75, 3.05) is 11.1 Å². The third-order valence-electron chi connectivity index (χ3n) is 4.06. The predicted molar refractivity (Wildman–Crippen MR) is 108 cm³/mol. The van der Waals surface area contributed by atoms with Gasteiger partial charge in [0.05, 0.1) is 5.75 Å². The van der Waals surface area contributed by atoms with Gasteiger partial charge >= 0.3 is 5.63 Å². The highest BCUT2D eigenvalue weighted by Crippen LogP contribution is 2.24. The summed E-state index contributed by atoms with van der Waals surface area (Å²) in [7, 11) is 0. The van der Waals surface area contributed by atoms with Crippen LogP contribution in [0.1, 0.15) is 16.7 Å². The summed E-state index contributed by atoms with van der Waals surface area (Å²) < 4.78 is 5.30. The van der Waals surface area contributed by atoms with Gasteiger partial charge in [-0.3, -0.25) is 4.79 Å².